The Balaban J connectivity index is 3.08. The van der Waals surface area contributed by atoms with Gasteiger partial charge in [0, 0.05) is 12.1 Å². The number of carbonyl (C=O) groups is 1. The molecule has 19 heavy (non-hydrogen) atoms. The number of non-ortho nitro benzene ring substituents is 1. The lowest BCUT2D eigenvalue weighted by atomic mass is 9.99. The molecule has 104 valence electrons. The lowest BCUT2D eigenvalue weighted by molar-refractivity contribution is -0.384. The molecule has 0 radical (unpaired) electrons. The number of nitro groups is 1. The Labute approximate surface area is 110 Å². The van der Waals surface area contributed by atoms with Gasteiger partial charge in [-0.05, 0) is 19.4 Å². The molecule has 1 amide bonds. The molecule has 3 N–H and O–H groups in total. The number of nitrogens with one attached hydrogen (secondary N) is 1. The Hall–Kier alpha value is -2.15. The Morgan fingerprint density at radius 1 is 1.58 bits per heavy atom. The molecule has 7 nitrogen and oxygen atoms in total. The topological polar surface area (TPSA) is 107 Å². The molecule has 0 heterocycles. The third-order valence-corrected chi connectivity index (χ3v) is 2.90. The highest BCUT2D eigenvalue weighted by Gasteiger charge is 2.27. The monoisotopic (exact) mass is 267 g/mol. The molecule has 0 aromatic heterocycles. The third-order valence-electron chi connectivity index (χ3n) is 2.90. The number of nitro benzene ring substituents is 1. The maximum atomic E-state index is 12.0. The fraction of sp³-hybridized carbons (Fsp3) is 0.417. The first-order valence-corrected chi connectivity index (χ1v) is 5.74. The minimum atomic E-state index is -1.05. The van der Waals surface area contributed by atoms with Gasteiger partial charge < -0.3 is 15.8 Å². The molecule has 1 aromatic rings. The molecule has 0 aliphatic heterocycles. The van der Waals surface area contributed by atoms with Gasteiger partial charge in [0.25, 0.3) is 5.69 Å². The number of rotatable bonds is 5. The van der Waals surface area contributed by atoms with Gasteiger partial charge in [-0.15, -0.1) is 0 Å². The van der Waals surface area contributed by atoms with Gasteiger partial charge in [0.1, 0.15) is 5.75 Å². The highest BCUT2D eigenvalue weighted by Crippen LogP contribution is 2.29. The average Bonchev–Trinajstić information content (AvgIpc) is 2.38. The van der Waals surface area contributed by atoms with E-state index in [9.17, 15) is 14.9 Å². The van der Waals surface area contributed by atoms with Gasteiger partial charge in [0.2, 0.25) is 5.91 Å². The fourth-order valence-corrected chi connectivity index (χ4v) is 1.33. The fourth-order valence-electron chi connectivity index (χ4n) is 1.33. The number of carbonyl (C=O) groups excluding carboxylic acids is 1. The maximum Gasteiger partial charge on any atom is 0.271 e. The number of ether oxygens (including phenoxy) is 1. The zero-order chi connectivity index (χ0) is 14.6. The summed E-state index contributed by atoms with van der Waals surface area (Å²) in [5, 5.41) is 13.3. The van der Waals surface area contributed by atoms with E-state index in [1.807, 2.05) is 0 Å². The van der Waals surface area contributed by atoms with Crippen molar-refractivity contribution in [1.29, 1.82) is 0 Å². The standard InChI is InChI=1S/C12H17N3O4/c1-4-12(2,13)11(16)14-9-7-8(15(17)18)5-6-10(9)19-3/h5-7H,4,13H2,1-3H3,(H,14,16). The van der Waals surface area contributed by atoms with Gasteiger partial charge in [-0.25, -0.2) is 0 Å². The van der Waals surface area contributed by atoms with Crippen molar-refractivity contribution >= 4 is 17.3 Å². The predicted molar refractivity (Wildman–Crippen MR) is 71.2 cm³/mol. The van der Waals surface area contributed by atoms with E-state index in [4.69, 9.17) is 10.5 Å². The van der Waals surface area contributed by atoms with E-state index in [1.54, 1.807) is 13.8 Å². The first-order chi connectivity index (χ1) is 8.81. The van der Waals surface area contributed by atoms with Crippen LogP contribution in [0.25, 0.3) is 0 Å². The zero-order valence-corrected chi connectivity index (χ0v) is 11.1. The van der Waals surface area contributed by atoms with E-state index < -0.39 is 16.4 Å². The van der Waals surface area contributed by atoms with Gasteiger partial charge in [-0.1, -0.05) is 6.92 Å². The molecule has 0 fully saturated rings. The van der Waals surface area contributed by atoms with Crippen LogP contribution in [0.4, 0.5) is 11.4 Å². The first kappa shape index (κ1) is 14.9. The van der Waals surface area contributed by atoms with Crippen molar-refractivity contribution in [3.63, 3.8) is 0 Å². The van der Waals surface area contributed by atoms with Crippen molar-refractivity contribution in [3.05, 3.63) is 28.3 Å². The highest BCUT2D eigenvalue weighted by molar-refractivity contribution is 5.98. The largest absolute Gasteiger partial charge is 0.495 e. The van der Waals surface area contributed by atoms with E-state index in [0.29, 0.717) is 12.2 Å². The predicted octanol–water partition coefficient (Wildman–Crippen LogP) is 1.67. The van der Waals surface area contributed by atoms with E-state index in [0.717, 1.165) is 0 Å². The van der Waals surface area contributed by atoms with Crippen LogP contribution in [0.1, 0.15) is 20.3 Å². The number of anilines is 1. The van der Waals surface area contributed by atoms with Crippen molar-refractivity contribution in [3.8, 4) is 5.75 Å². The summed E-state index contributed by atoms with van der Waals surface area (Å²) in [6, 6.07) is 3.96. The average molecular weight is 267 g/mol. The van der Waals surface area contributed by atoms with E-state index in [-0.39, 0.29) is 11.4 Å². The molecule has 1 aromatic carbocycles. The molecule has 1 atom stereocenters. The number of hydrogen-bond donors (Lipinski definition) is 2. The van der Waals surface area contributed by atoms with Crippen LogP contribution in [0.5, 0.6) is 5.75 Å². The van der Waals surface area contributed by atoms with Crippen LogP contribution < -0.4 is 15.8 Å². The summed E-state index contributed by atoms with van der Waals surface area (Å²) in [7, 11) is 1.41. The summed E-state index contributed by atoms with van der Waals surface area (Å²) >= 11 is 0. The number of amides is 1. The van der Waals surface area contributed by atoms with Crippen LogP contribution >= 0.6 is 0 Å². The number of benzene rings is 1. The maximum absolute atomic E-state index is 12.0. The van der Waals surface area contributed by atoms with Crippen LogP contribution in [0.15, 0.2) is 18.2 Å². The van der Waals surface area contributed by atoms with Crippen molar-refractivity contribution in [2.45, 2.75) is 25.8 Å². The van der Waals surface area contributed by atoms with Gasteiger partial charge >= 0.3 is 0 Å². The number of methoxy groups -OCH3 is 1. The van der Waals surface area contributed by atoms with Crippen LogP contribution in [0.2, 0.25) is 0 Å². The zero-order valence-electron chi connectivity index (χ0n) is 11.1. The molecule has 7 heteroatoms. The number of nitrogens with two attached hydrogens (primary N) is 1. The summed E-state index contributed by atoms with van der Waals surface area (Å²) in [4.78, 5) is 22.1. The van der Waals surface area contributed by atoms with Gasteiger partial charge in [0.15, 0.2) is 0 Å². The minimum absolute atomic E-state index is 0.133. The lowest BCUT2D eigenvalue weighted by Crippen LogP contribution is -2.47. The summed E-state index contributed by atoms with van der Waals surface area (Å²) < 4.78 is 5.05. The third kappa shape index (κ3) is 3.41. The van der Waals surface area contributed by atoms with Gasteiger partial charge in [0.05, 0.1) is 23.3 Å². The van der Waals surface area contributed by atoms with E-state index in [2.05, 4.69) is 5.32 Å². The van der Waals surface area contributed by atoms with E-state index in [1.165, 1.54) is 25.3 Å². The molecular formula is C12H17N3O4. The van der Waals surface area contributed by atoms with Crippen molar-refractivity contribution in [1.82, 2.24) is 0 Å². The molecule has 0 saturated carbocycles. The molecule has 0 spiro atoms. The summed E-state index contributed by atoms with van der Waals surface area (Å²) in [6.07, 6.45) is 0.441. The Kier molecular flexibility index (Phi) is 4.44. The van der Waals surface area contributed by atoms with Crippen molar-refractivity contribution < 1.29 is 14.5 Å². The Morgan fingerprint density at radius 2 is 2.21 bits per heavy atom. The van der Waals surface area contributed by atoms with E-state index >= 15 is 0 Å². The van der Waals surface area contributed by atoms with Crippen molar-refractivity contribution in [2.24, 2.45) is 5.73 Å². The molecule has 0 aliphatic rings. The summed E-state index contributed by atoms with van der Waals surface area (Å²) in [6.45, 7) is 3.37. The molecule has 1 rings (SSSR count). The van der Waals surface area contributed by atoms with Crippen LogP contribution in [0, 0.1) is 10.1 Å². The van der Waals surface area contributed by atoms with Crippen LogP contribution in [-0.2, 0) is 4.79 Å². The molecule has 0 saturated heterocycles. The van der Waals surface area contributed by atoms with Gasteiger partial charge in [-0.2, -0.15) is 0 Å². The first-order valence-electron chi connectivity index (χ1n) is 5.74. The van der Waals surface area contributed by atoms with Gasteiger partial charge in [-0.3, -0.25) is 14.9 Å². The normalized spacial score (nSPS) is 13.5. The Morgan fingerprint density at radius 3 is 2.68 bits per heavy atom. The number of nitrogens with zero attached hydrogens (tertiary/aromatic N) is 1. The SMILES string of the molecule is CCC(C)(N)C(=O)Nc1cc([N+](=O)[O-])ccc1OC. The lowest BCUT2D eigenvalue weighted by Gasteiger charge is -2.22. The molecule has 0 aliphatic carbocycles. The van der Waals surface area contributed by atoms with Crippen LogP contribution in [0.3, 0.4) is 0 Å². The second-order valence-corrected chi connectivity index (χ2v) is 4.37. The second kappa shape index (κ2) is 5.66. The smallest absolute Gasteiger partial charge is 0.271 e. The van der Waals surface area contributed by atoms with Crippen molar-refractivity contribution in [2.75, 3.05) is 12.4 Å². The summed E-state index contributed by atoms with van der Waals surface area (Å²) in [5.74, 6) is -0.0837. The Bertz CT molecular complexity index is 500. The number of hydrogen-bond acceptors (Lipinski definition) is 5. The quantitative estimate of drug-likeness (QED) is 0.623. The highest BCUT2D eigenvalue weighted by atomic mass is 16.6. The molecule has 1 unspecified atom stereocenters. The molecule has 0 bridgehead atoms. The summed E-state index contributed by atoms with van der Waals surface area (Å²) in [5.41, 5.74) is 4.86. The minimum Gasteiger partial charge on any atom is -0.495 e. The second-order valence-electron chi connectivity index (χ2n) is 4.37. The molecular weight excluding hydrogens is 250 g/mol. The van der Waals surface area contributed by atoms with Crippen LogP contribution in [-0.4, -0.2) is 23.5 Å².